The second kappa shape index (κ2) is 16.1. The van der Waals surface area contributed by atoms with Crippen LogP contribution in [-0.4, -0.2) is 20.9 Å². The van der Waals surface area contributed by atoms with Gasteiger partial charge in [0.25, 0.3) is 0 Å². The molecule has 5 rings (SSSR count). The Morgan fingerprint density at radius 2 is 1.58 bits per heavy atom. The summed E-state index contributed by atoms with van der Waals surface area (Å²) in [5, 5.41) is 12.1. The van der Waals surface area contributed by atoms with Gasteiger partial charge in [-0.1, -0.05) is 83.7 Å². The van der Waals surface area contributed by atoms with Gasteiger partial charge in [0.15, 0.2) is 11.4 Å². The van der Waals surface area contributed by atoms with E-state index < -0.39 is 0 Å². The molecule has 5 nitrogen and oxygen atoms in total. The molecule has 239 valence electrons. The minimum Gasteiger partial charge on any atom is -0.512 e. The minimum absolute atomic E-state index is 0. The van der Waals surface area contributed by atoms with Gasteiger partial charge >= 0.3 is 0 Å². The number of pyridine rings is 2. The Labute approximate surface area is 281 Å². The monoisotopic (exact) mass is 782 g/mol. The summed E-state index contributed by atoms with van der Waals surface area (Å²) >= 11 is 0. The smallest absolute Gasteiger partial charge is 0.162 e. The van der Waals surface area contributed by atoms with Gasteiger partial charge in [0.1, 0.15) is 5.52 Å². The SMILES string of the molecule is CC(C)(C)c1cc(-c2cc(-c3ccnc4ccoc34)ccn2)[c-]c2ccccc12.CCC(CC)C(=O)/C=C(\O)C(CC)CC.[Ir]. The number of aliphatic hydroxyl groups is 1. The third-order valence-corrected chi connectivity index (χ3v) is 8.36. The van der Waals surface area contributed by atoms with Gasteiger partial charge in [0.05, 0.1) is 12.0 Å². The largest absolute Gasteiger partial charge is 0.512 e. The summed E-state index contributed by atoms with van der Waals surface area (Å²) in [5.41, 5.74) is 6.93. The minimum atomic E-state index is 0. The zero-order chi connectivity index (χ0) is 31.9. The van der Waals surface area contributed by atoms with E-state index >= 15 is 0 Å². The number of nitrogens with zero attached hydrogens (tertiary/aromatic N) is 2. The Bertz CT molecular complexity index is 1740. The van der Waals surface area contributed by atoms with Crippen LogP contribution < -0.4 is 0 Å². The number of benzene rings is 2. The first-order valence-corrected chi connectivity index (χ1v) is 15.8. The molecule has 0 unspecified atom stereocenters. The third-order valence-electron chi connectivity index (χ3n) is 8.36. The number of furan rings is 1. The maximum Gasteiger partial charge on any atom is 0.162 e. The Kier molecular flexibility index (Phi) is 12.8. The molecule has 0 atom stereocenters. The van der Waals surface area contributed by atoms with Crippen LogP contribution in [0.2, 0.25) is 0 Å². The van der Waals surface area contributed by atoms with Crippen LogP contribution in [0.4, 0.5) is 0 Å². The third kappa shape index (κ3) is 8.56. The summed E-state index contributed by atoms with van der Waals surface area (Å²) in [6.07, 6.45) is 10.2. The second-order valence-corrected chi connectivity index (χ2v) is 12.3. The molecule has 0 fully saturated rings. The van der Waals surface area contributed by atoms with Crippen LogP contribution >= 0.6 is 0 Å². The second-order valence-electron chi connectivity index (χ2n) is 12.3. The number of rotatable bonds is 9. The molecule has 1 radical (unpaired) electrons. The van der Waals surface area contributed by atoms with E-state index in [-0.39, 0.29) is 48.9 Å². The molecule has 45 heavy (non-hydrogen) atoms. The fraction of sp³-hybridized carbons (Fsp3) is 0.359. The number of allylic oxidation sites excluding steroid dienone is 2. The van der Waals surface area contributed by atoms with Crippen LogP contribution in [0.25, 0.3) is 44.3 Å². The first kappa shape index (κ1) is 35.9. The molecule has 0 bridgehead atoms. The predicted molar refractivity (Wildman–Crippen MR) is 182 cm³/mol. The molecule has 1 N–H and O–H groups in total. The van der Waals surface area contributed by atoms with Crippen molar-refractivity contribution in [1.82, 2.24) is 9.97 Å². The number of ketones is 1. The van der Waals surface area contributed by atoms with Crippen molar-refractivity contribution >= 4 is 27.7 Å². The van der Waals surface area contributed by atoms with Gasteiger partial charge in [0.2, 0.25) is 0 Å². The molecule has 0 saturated heterocycles. The molecule has 2 aromatic carbocycles. The van der Waals surface area contributed by atoms with Crippen LogP contribution in [0.1, 0.15) is 79.7 Å². The van der Waals surface area contributed by atoms with Crippen molar-refractivity contribution in [3.05, 3.63) is 96.7 Å². The van der Waals surface area contributed by atoms with Gasteiger partial charge in [-0.15, -0.1) is 29.1 Å². The summed E-state index contributed by atoms with van der Waals surface area (Å²) < 4.78 is 5.68. The van der Waals surface area contributed by atoms with Gasteiger partial charge in [-0.2, -0.15) is 0 Å². The van der Waals surface area contributed by atoms with Crippen molar-refractivity contribution in [2.24, 2.45) is 11.8 Å². The van der Waals surface area contributed by atoms with Gasteiger partial charge in [-0.05, 0) is 48.8 Å². The van der Waals surface area contributed by atoms with Crippen molar-refractivity contribution in [3.8, 4) is 22.4 Å². The average molecular weight is 782 g/mol. The normalized spacial score (nSPS) is 11.9. The van der Waals surface area contributed by atoms with E-state index in [1.807, 2.05) is 58.3 Å². The number of carbonyl (C=O) groups excluding carboxylic acids is 1. The molecule has 0 spiro atoms. The molecule has 0 aliphatic carbocycles. The van der Waals surface area contributed by atoms with E-state index in [9.17, 15) is 9.90 Å². The fourth-order valence-electron chi connectivity index (χ4n) is 5.61. The van der Waals surface area contributed by atoms with Crippen LogP contribution in [0.15, 0.2) is 89.5 Å². The Balaban J connectivity index is 0.000000297. The quantitative estimate of drug-likeness (QED) is 0.0916. The zero-order valence-corrected chi connectivity index (χ0v) is 29.9. The predicted octanol–water partition coefficient (Wildman–Crippen LogP) is 10.7. The molecular weight excluding hydrogens is 737 g/mol. The van der Waals surface area contributed by atoms with E-state index in [1.165, 1.54) is 17.0 Å². The van der Waals surface area contributed by atoms with Crippen molar-refractivity contribution in [1.29, 1.82) is 0 Å². The maximum absolute atomic E-state index is 11.7. The first-order valence-electron chi connectivity index (χ1n) is 15.8. The standard InChI is InChI=1S/C26H21N2O.C13H24O2.Ir/c1-26(2,3)22-15-19(14-17-6-4-5-7-20(17)22)24-16-18(8-11-28-24)21-9-12-27-23-10-13-29-25(21)23;1-5-10(6-2)12(14)9-13(15)11(7-3)8-4;/h4-13,15-16H,1-3H3;9-11,14H,5-8H2,1-4H3;/q-1;;/b;12-9-;. The Hall–Kier alpha value is -3.60. The molecule has 0 aliphatic rings. The van der Waals surface area contributed by atoms with E-state index in [1.54, 1.807) is 6.26 Å². The van der Waals surface area contributed by atoms with Crippen molar-refractivity contribution in [2.75, 3.05) is 0 Å². The number of aliphatic hydroxyl groups excluding tert-OH is 1. The van der Waals surface area contributed by atoms with Gasteiger partial charge in [-0.3, -0.25) is 14.8 Å². The van der Waals surface area contributed by atoms with Crippen LogP contribution in [0, 0.1) is 17.9 Å². The van der Waals surface area contributed by atoms with Crippen molar-refractivity contribution in [2.45, 2.75) is 79.6 Å². The van der Waals surface area contributed by atoms with E-state index in [0.717, 1.165) is 64.6 Å². The van der Waals surface area contributed by atoms with Gasteiger partial charge in [-0.25, -0.2) is 0 Å². The molecule has 5 aromatic rings. The molecule has 0 saturated carbocycles. The van der Waals surface area contributed by atoms with E-state index in [0.29, 0.717) is 0 Å². The topological polar surface area (TPSA) is 76.2 Å². The summed E-state index contributed by atoms with van der Waals surface area (Å²) in [6, 6.07) is 22.2. The molecule has 3 aromatic heterocycles. The summed E-state index contributed by atoms with van der Waals surface area (Å²) in [4.78, 5) is 20.7. The van der Waals surface area contributed by atoms with E-state index in [2.05, 4.69) is 73.2 Å². The van der Waals surface area contributed by atoms with Crippen molar-refractivity contribution in [3.63, 3.8) is 0 Å². The number of fused-ring (bicyclic) bond motifs is 2. The van der Waals surface area contributed by atoms with Crippen LogP contribution in [0.5, 0.6) is 0 Å². The Morgan fingerprint density at radius 3 is 2.24 bits per heavy atom. The number of hydrogen-bond acceptors (Lipinski definition) is 5. The van der Waals surface area contributed by atoms with Crippen molar-refractivity contribution < 1.29 is 34.4 Å². The van der Waals surface area contributed by atoms with Gasteiger partial charge in [0, 0.05) is 67.7 Å². The first-order chi connectivity index (χ1) is 21.1. The van der Waals surface area contributed by atoms with Crippen LogP contribution in [0.3, 0.4) is 0 Å². The molecule has 0 amide bonds. The average Bonchev–Trinajstić information content (AvgIpc) is 3.51. The zero-order valence-electron chi connectivity index (χ0n) is 27.5. The summed E-state index contributed by atoms with van der Waals surface area (Å²) in [7, 11) is 0. The van der Waals surface area contributed by atoms with Gasteiger partial charge < -0.3 is 9.52 Å². The number of hydrogen-bond donors (Lipinski definition) is 1. The Morgan fingerprint density at radius 1 is 0.911 bits per heavy atom. The van der Waals surface area contributed by atoms with Crippen LogP contribution in [-0.2, 0) is 30.3 Å². The molecular formula is C39H45IrN2O3-. The molecule has 6 heteroatoms. The fourth-order valence-corrected chi connectivity index (χ4v) is 5.61. The summed E-state index contributed by atoms with van der Waals surface area (Å²) in [6.45, 7) is 14.8. The molecule has 0 aliphatic heterocycles. The van der Waals surface area contributed by atoms with E-state index in [4.69, 9.17) is 4.42 Å². The molecule has 3 heterocycles. The summed E-state index contributed by atoms with van der Waals surface area (Å²) in [5.74, 6) is 0.547. The number of carbonyl (C=O) groups is 1. The number of aromatic nitrogens is 2. The maximum atomic E-state index is 11.7.